The van der Waals surface area contributed by atoms with Gasteiger partial charge < -0.3 is 45.6 Å². The first-order valence-corrected chi connectivity index (χ1v) is 20.7. The van der Waals surface area contributed by atoms with Crippen LogP contribution in [-0.4, -0.2) is 132 Å². The quantitative estimate of drug-likeness (QED) is 0.315. The highest BCUT2D eigenvalue weighted by Gasteiger charge is 2.46. The van der Waals surface area contributed by atoms with E-state index in [9.17, 15) is 42.3 Å². The molecule has 4 fully saturated rings. The van der Waals surface area contributed by atoms with E-state index in [-0.39, 0.29) is 44.0 Å². The van der Waals surface area contributed by atoms with Crippen LogP contribution in [0, 0.1) is 17.6 Å². The van der Waals surface area contributed by atoms with Gasteiger partial charge in [0.15, 0.2) is 0 Å². The Balaban J connectivity index is 1.18. The van der Waals surface area contributed by atoms with E-state index in [1.165, 1.54) is 21.6 Å². The molecule has 0 aromatic heterocycles. The number of halogens is 2. The molecule has 0 unspecified atom stereocenters. The van der Waals surface area contributed by atoms with E-state index in [4.69, 9.17) is 4.74 Å². The van der Waals surface area contributed by atoms with E-state index >= 15 is 0 Å². The number of carbonyl (C=O) groups excluding carboxylic acids is 7. The Morgan fingerprint density at radius 2 is 1.57 bits per heavy atom. The first-order chi connectivity index (χ1) is 28.7. The van der Waals surface area contributed by atoms with Crippen molar-refractivity contribution in [2.75, 3.05) is 50.1 Å². The third-order valence-electron chi connectivity index (χ3n) is 12.2. The van der Waals surface area contributed by atoms with E-state index in [0.717, 1.165) is 36.3 Å². The Hall–Kier alpha value is -5.81. The van der Waals surface area contributed by atoms with Crippen molar-refractivity contribution in [2.24, 2.45) is 5.92 Å². The lowest BCUT2D eigenvalue weighted by Gasteiger charge is -2.39. The Kier molecular flexibility index (Phi) is 12.6. The maximum atomic E-state index is 14.6. The lowest BCUT2D eigenvalue weighted by molar-refractivity contribution is -0.158. The second-order valence-electron chi connectivity index (χ2n) is 16.6. The van der Waals surface area contributed by atoms with E-state index in [1.807, 2.05) is 26.1 Å². The van der Waals surface area contributed by atoms with Gasteiger partial charge in [-0.3, -0.25) is 24.0 Å². The molecular weight excluding hydrogens is 783 g/mol. The average Bonchev–Trinajstić information content (AvgIpc) is 3.96. The first-order valence-electron chi connectivity index (χ1n) is 20.7. The van der Waals surface area contributed by atoms with Crippen LogP contribution < -0.4 is 26.2 Å². The number of rotatable bonds is 6. The van der Waals surface area contributed by atoms with Gasteiger partial charge in [0.25, 0.3) is 0 Å². The maximum Gasteiger partial charge on any atom is 0.328 e. The van der Waals surface area contributed by atoms with Crippen molar-refractivity contribution >= 4 is 52.9 Å². The van der Waals surface area contributed by atoms with Gasteiger partial charge in [0, 0.05) is 57.1 Å². The van der Waals surface area contributed by atoms with Crippen LogP contribution in [0.5, 0.6) is 0 Å². The number of anilines is 2. The molecule has 0 radical (unpaired) electrons. The Morgan fingerprint density at radius 1 is 0.850 bits per heavy atom. The summed E-state index contributed by atoms with van der Waals surface area (Å²) < 4.78 is 34.4. The molecule has 2 aromatic rings. The number of hydrogen-bond donors (Lipinski definition) is 4. The van der Waals surface area contributed by atoms with Crippen molar-refractivity contribution in [3.05, 3.63) is 59.2 Å². The Bertz CT molecular complexity index is 2030. The minimum atomic E-state index is -1.59. The number of carbonyl (C=O) groups is 7. The highest BCUT2D eigenvalue weighted by Crippen LogP contribution is 2.30. The second-order valence-corrected chi connectivity index (χ2v) is 16.6. The number of ether oxygens (including phenoxy) is 1. The summed E-state index contributed by atoms with van der Waals surface area (Å²) in [7, 11) is 1.96. The number of nitrogens with one attached hydrogen (secondary N) is 4. The first kappa shape index (κ1) is 42.3. The van der Waals surface area contributed by atoms with Crippen molar-refractivity contribution in [3.8, 4) is 0 Å². The molecule has 4 saturated heterocycles. The molecule has 2 aromatic carbocycles. The predicted molar refractivity (Wildman–Crippen MR) is 213 cm³/mol. The number of urea groups is 1. The summed E-state index contributed by atoms with van der Waals surface area (Å²) in [5, 5.41) is 10.7. The number of likely N-dealkylation sites (N-methyl/N-ethyl adjacent to an activating group) is 1. The summed E-state index contributed by atoms with van der Waals surface area (Å²) >= 11 is 0. The second kappa shape index (κ2) is 17.8. The molecule has 0 aliphatic carbocycles. The highest BCUT2D eigenvalue weighted by molar-refractivity contribution is 5.98. The SMILES string of the molecule is C[C@@H]1C[C@H]2C(=O)OC[C@H](NC(=O)[C@H](Cc3cc(F)cc(F)c3)NC(=O)Nc3ccc4c(c3)CCN4C)C(=O)N3CCC[C@H]3C(=O)N3CCCC[C@H]3C(=O)N[C@@H](C)C(=O)N2C1. The molecule has 18 heteroatoms. The summed E-state index contributed by atoms with van der Waals surface area (Å²) in [6.45, 7) is 4.11. The van der Waals surface area contributed by atoms with Gasteiger partial charge in [0.2, 0.25) is 29.5 Å². The smallest absolute Gasteiger partial charge is 0.328 e. The Morgan fingerprint density at radius 3 is 2.33 bits per heavy atom. The zero-order chi connectivity index (χ0) is 42.8. The summed E-state index contributed by atoms with van der Waals surface area (Å²) in [5.41, 5.74) is 2.51. The van der Waals surface area contributed by atoms with E-state index in [1.54, 1.807) is 6.07 Å². The van der Waals surface area contributed by atoms with E-state index in [2.05, 4.69) is 26.2 Å². The fraction of sp³-hybridized carbons (Fsp3) is 0.548. The van der Waals surface area contributed by atoms with Gasteiger partial charge in [-0.1, -0.05) is 6.92 Å². The number of fused-ring (bicyclic) bond motifs is 4. The van der Waals surface area contributed by atoms with Crippen molar-refractivity contribution in [3.63, 3.8) is 0 Å². The molecule has 5 heterocycles. The van der Waals surface area contributed by atoms with Crippen LogP contribution in [0.15, 0.2) is 36.4 Å². The largest absolute Gasteiger partial charge is 0.461 e. The predicted octanol–water partition coefficient (Wildman–Crippen LogP) is 1.85. The van der Waals surface area contributed by atoms with Gasteiger partial charge in [-0.15, -0.1) is 0 Å². The van der Waals surface area contributed by atoms with Gasteiger partial charge >= 0.3 is 12.0 Å². The zero-order valence-corrected chi connectivity index (χ0v) is 34.0. The molecular formula is C42H52F2N8O8. The van der Waals surface area contributed by atoms with Crippen LogP contribution in [0.25, 0.3) is 0 Å². The van der Waals surface area contributed by atoms with Gasteiger partial charge in [-0.2, -0.15) is 0 Å². The summed E-state index contributed by atoms with van der Waals surface area (Å²) in [4.78, 5) is 104. The normalized spacial score (nSPS) is 26.7. The van der Waals surface area contributed by atoms with Gasteiger partial charge in [-0.25, -0.2) is 18.4 Å². The van der Waals surface area contributed by atoms with Crippen LogP contribution in [-0.2, 0) is 46.3 Å². The molecule has 4 N–H and O–H groups in total. The van der Waals surface area contributed by atoms with Crippen molar-refractivity contribution in [1.82, 2.24) is 30.7 Å². The number of benzene rings is 2. The van der Waals surface area contributed by atoms with Gasteiger partial charge in [0.05, 0.1) is 0 Å². The number of hydrogen-bond acceptors (Lipinski definition) is 9. The van der Waals surface area contributed by atoms with Crippen LogP contribution in [0.1, 0.15) is 63.5 Å². The lowest BCUT2D eigenvalue weighted by atomic mass is 9.99. The summed E-state index contributed by atoms with van der Waals surface area (Å²) in [6.07, 6.45) is 2.98. The molecule has 322 valence electrons. The van der Waals surface area contributed by atoms with Gasteiger partial charge in [0.1, 0.15) is 54.5 Å². The maximum absolute atomic E-state index is 14.6. The van der Waals surface area contributed by atoms with Gasteiger partial charge in [-0.05, 0) is 99.2 Å². The standard InChI is InChI=1S/C42H52F2N8O8/c1-23-15-35-41(58)60-22-31(39(56)51-13-6-8-34(51)40(57)50-12-5-4-7-33(50)37(54)45-24(2)38(55)52(35)21-23)47-36(53)30(18-25-16-27(43)20-28(44)17-25)48-42(59)46-29-9-10-32-26(19-29)11-14-49(32)3/h9-10,16-17,19-20,23-24,30-31,33-35H,4-8,11-15,18,21-22H2,1-3H3,(H,45,54)(H,47,53)(H2,46,48,59)/t23-,24+,30+,31+,33+,34+,35+/m1/s1. The molecule has 7 rings (SSSR count). The van der Waals surface area contributed by atoms with Crippen molar-refractivity contribution < 1.29 is 47.1 Å². The molecule has 0 spiro atoms. The minimum Gasteiger partial charge on any atom is -0.461 e. The van der Waals surface area contributed by atoms with Crippen molar-refractivity contribution in [1.29, 1.82) is 0 Å². The van der Waals surface area contributed by atoms with E-state index < -0.39 is 102 Å². The molecule has 5 aliphatic rings. The molecule has 5 aliphatic heterocycles. The number of amides is 7. The molecule has 0 bridgehead atoms. The van der Waals surface area contributed by atoms with Crippen molar-refractivity contribution in [2.45, 2.75) is 101 Å². The number of nitrogens with zero attached hydrogens (tertiary/aromatic N) is 4. The lowest BCUT2D eigenvalue weighted by Crippen LogP contribution is -2.62. The van der Waals surface area contributed by atoms with E-state index in [0.29, 0.717) is 37.4 Å². The molecule has 7 amide bonds. The van der Waals surface area contributed by atoms with Crippen LogP contribution in [0.2, 0.25) is 0 Å². The fourth-order valence-corrected chi connectivity index (χ4v) is 9.13. The number of cyclic esters (lactones) is 1. The highest BCUT2D eigenvalue weighted by atomic mass is 19.1. The van der Waals surface area contributed by atoms with Crippen LogP contribution >= 0.6 is 0 Å². The molecule has 7 atom stereocenters. The van der Waals surface area contributed by atoms with Crippen LogP contribution in [0.4, 0.5) is 25.0 Å². The topological polar surface area (TPSA) is 190 Å². The molecule has 16 nitrogen and oxygen atoms in total. The number of esters is 1. The Labute approximate surface area is 346 Å². The molecule has 60 heavy (non-hydrogen) atoms. The zero-order valence-electron chi connectivity index (χ0n) is 34.0. The average molecular weight is 835 g/mol. The minimum absolute atomic E-state index is 0.0314. The third-order valence-corrected chi connectivity index (χ3v) is 12.2. The third kappa shape index (κ3) is 9.16. The van der Waals surface area contributed by atoms with Crippen LogP contribution in [0.3, 0.4) is 0 Å². The monoisotopic (exact) mass is 834 g/mol. The summed E-state index contributed by atoms with van der Waals surface area (Å²) in [6, 6.07) is 0.234. The molecule has 0 saturated carbocycles. The fourth-order valence-electron chi connectivity index (χ4n) is 9.13. The number of piperidine rings is 1. The summed E-state index contributed by atoms with van der Waals surface area (Å²) in [5.74, 6) is -5.90.